The quantitative estimate of drug-likeness (QED) is 0.278. The first kappa shape index (κ1) is 30.4. The van der Waals surface area contributed by atoms with Crippen LogP contribution in [0.25, 0.3) is 0 Å². The first-order chi connectivity index (χ1) is 17.2. The Kier molecular flexibility index (Phi) is 13.1. The molecule has 0 bridgehead atoms. The van der Waals surface area contributed by atoms with Gasteiger partial charge in [-0.3, -0.25) is 0 Å². The summed E-state index contributed by atoms with van der Waals surface area (Å²) in [6.45, 7) is 18.6. The monoisotopic (exact) mass is 503 g/mol. The van der Waals surface area contributed by atoms with Crippen LogP contribution in [0.15, 0.2) is 24.3 Å². The largest absolute Gasteiger partial charge is 0.494 e. The number of hydrogen-bond acceptors (Lipinski definition) is 5. The lowest BCUT2D eigenvalue weighted by Gasteiger charge is -2.39. The standard InChI is InChI=1S/C30H53N3O3/c1-9-32(10-2)18-11-21-35-27-15-13-26(14-16-27)25(6)33(20-19-31(7)8)30(34)36-29-22-24(5)12-17-28(29)23(3)4/h13-16,23-25,28-29H,9-12,17-22H2,1-8H3/t24-,25?,28+,29-/m1/s1. The molecule has 1 aliphatic carbocycles. The third-order valence-electron chi connectivity index (χ3n) is 7.85. The number of benzene rings is 1. The fourth-order valence-corrected chi connectivity index (χ4v) is 5.24. The maximum absolute atomic E-state index is 13.5. The van der Waals surface area contributed by atoms with Crippen LogP contribution in [0.5, 0.6) is 5.75 Å². The predicted molar refractivity (Wildman–Crippen MR) is 150 cm³/mol. The van der Waals surface area contributed by atoms with Crippen molar-refractivity contribution in [3.63, 3.8) is 0 Å². The topological polar surface area (TPSA) is 45.2 Å². The van der Waals surface area contributed by atoms with Crippen LogP contribution in [-0.4, -0.2) is 80.3 Å². The van der Waals surface area contributed by atoms with Crippen LogP contribution < -0.4 is 4.74 Å². The highest BCUT2D eigenvalue weighted by atomic mass is 16.6. The smallest absolute Gasteiger partial charge is 0.410 e. The Morgan fingerprint density at radius 1 is 1.00 bits per heavy atom. The van der Waals surface area contributed by atoms with Gasteiger partial charge in [-0.25, -0.2) is 4.79 Å². The van der Waals surface area contributed by atoms with E-state index in [1.807, 2.05) is 31.1 Å². The summed E-state index contributed by atoms with van der Waals surface area (Å²) in [7, 11) is 4.08. The normalized spacial score (nSPS) is 21.1. The van der Waals surface area contributed by atoms with Gasteiger partial charge in [0.1, 0.15) is 11.9 Å². The van der Waals surface area contributed by atoms with Crippen molar-refractivity contribution in [2.45, 2.75) is 79.4 Å². The molecule has 1 aliphatic rings. The molecule has 36 heavy (non-hydrogen) atoms. The minimum atomic E-state index is -0.189. The summed E-state index contributed by atoms with van der Waals surface area (Å²) >= 11 is 0. The molecule has 0 spiro atoms. The number of carbonyl (C=O) groups is 1. The highest BCUT2D eigenvalue weighted by Gasteiger charge is 2.35. The number of ether oxygens (including phenoxy) is 2. The van der Waals surface area contributed by atoms with Crippen molar-refractivity contribution in [3.8, 4) is 5.75 Å². The zero-order valence-electron chi connectivity index (χ0n) is 24.3. The van der Waals surface area contributed by atoms with Gasteiger partial charge in [0.15, 0.2) is 0 Å². The molecule has 1 fully saturated rings. The molecule has 4 atom stereocenters. The summed E-state index contributed by atoms with van der Waals surface area (Å²) in [4.78, 5) is 19.9. The Labute approximate surface area is 221 Å². The van der Waals surface area contributed by atoms with Crippen LogP contribution in [0.1, 0.15) is 78.8 Å². The first-order valence-corrected chi connectivity index (χ1v) is 14.2. The Balaban J connectivity index is 2.03. The van der Waals surface area contributed by atoms with Crippen LogP contribution in [-0.2, 0) is 4.74 Å². The van der Waals surface area contributed by atoms with Gasteiger partial charge in [-0.2, -0.15) is 0 Å². The van der Waals surface area contributed by atoms with Gasteiger partial charge < -0.3 is 24.2 Å². The van der Waals surface area contributed by atoms with E-state index in [-0.39, 0.29) is 18.2 Å². The van der Waals surface area contributed by atoms with Gasteiger partial charge in [0.25, 0.3) is 0 Å². The van der Waals surface area contributed by atoms with E-state index in [4.69, 9.17) is 9.47 Å². The molecule has 0 aliphatic heterocycles. The fourth-order valence-electron chi connectivity index (χ4n) is 5.24. The number of rotatable bonds is 14. The van der Waals surface area contributed by atoms with Crippen molar-refractivity contribution in [1.29, 1.82) is 0 Å². The number of nitrogens with zero attached hydrogens (tertiary/aromatic N) is 3. The van der Waals surface area contributed by atoms with Gasteiger partial charge in [-0.05, 0) is 88.8 Å². The van der Waals surface area contributed by atoms with E-state index in [9.17, 15) is 4.79 Å². The average Bonchev–Trinajstić information content (AvgIpc) is 2.84. The molecule has 1 amide bonds. The second kappa shape index (κ2) is 15.5. The zero-order valence-corrected chi connectivity index (χ0v) is 24.3. The molecule has 0 radical (unpaired) electrons. The summed E-state index contributed by atoms with van der Waals surface area (Å²) in [6, 6.07) is 8.14. The van der Waals surface area contributed by atoms with Gasteiger partial charge >= 0.3 is 6.09 Å². The SMILES string of the molecule is CCN(CC)CCCOc1ccc(C(C)N(CCN(C)C)C(=O)O[C@@H]2C[C@H](C)CC[C@H]2C(C)C)cc1. The van der Waals surface area contributed by atoms with Crippen molar-refractivity contribution in [1.82, 2.24) is 14.7 Å². The van der Waals surface area contributed by atoms with Crippen LogP contribution in [0, 0.1) is 17.8 Å². The average molecular weight is 504 g/mol. The van der Waals surface area contributed by atoms with E-state index >= 15 is 0 Å². The van der Waals surface area contributed by atoms with Crippen molar-refractivity contribution in [2.24, 2.45) is 17.8 Å². The van der Waals surface area contributed by atoms with Gasteiger partial charge in [0, 0.05) is 19.6 Å². The molecule has 0 N–H and O–H groups in total. The number of likely N-dealkylation sites (N-methyl/N-ethyl adjacent to an activating group) is 1. The Bertz CT molecular complexity index is 748. The minimum absolute atomic E-state index is 0.00224. The predicted octanol–water partition coefficient (Wildman–Crippen LogP) is 6.32. The third-order valence-corrected chi connectivity index (χ3v) is 7.85. The van der Waals surface area contributed by atoms with Crippen LogP contribution in [0.3, 0.4) is 0 Å². The third kappa shape index (κ3) is 9.59. The Morgan fingerprint density at radius 2 is 1.67 bits per heavy atom. The number of amides is 1. The zero-order chi connectivity index (χ0) is 26.7. The molecular formula is C30H53N3O3. The van der Waals surface area contributed by atoms with Crippen molar-refractivity contribution in [2.75, 3.05) is 53.4 Å². The molecule has 0 heterocycles. The second-order valence-electron chi connectivity index (χ2n) is 11.2. The molecule has 1 saturated carbocycles. The summed E-state index contributed by atoms with van der Waals surface area (Å²) in [5.74, 6) is 2.44. The molecular weight excluding hydrogens is 450 g/mol. The lowest BCUT2D eigenvalue weighted by atomic mass is 9.75. The van der Waals surface area contributed by atoms with Crippen LogP contribution >= 0.6 is 0 Å². The first-order valence-electron chi connectivity index (χ1n) is 14.2. The lowest BCUT2D eigenvalue weighted by Crippen LogP contribution is -2.43. The summed E-state index contributed by atoms with van der Waals surface area (Å²) in [6.07, 6.45) is 4.15. The fraction of sp³-hybridized carbons (Fsp3) is 0.767. The second-order valence-corrected chi connectivity index (χ2v) is 11.2. The van der Waals surface area contributed by atoms with Crippen molar-refractivity contribution < 1.29 is 14.3 Å². The molecule has 1 aromatic carbocycles. The molecule has 2 rings (SSSR count). The van der Waals surface area contributed by atoms with Gasteiger partial charge in [-0.15, -0.1) is 0 Å². The van der Waals surface area contributed by atoms with E-state index in [0.717, 1.165) is 56.8 Å². The number of hydrogen-bond donors (Lipinski definition) is 0. The van der Waals surface area contributed by atoms with Crippen molar-refractivity contribution >= 4 is 6.09 Å². The maximum atomic E-state index is 13.5. The molecule has 206 valence electrons. The van der Waals surface area contributed by atoms with E-state index < -0.39 is 0 Å². The van der Waals surface area contributed by atoms with E-state index in [1.54, 1.807) is 0 Å². The molecule has 0 aromatic heterocycles. The molecule has 1 aromatic rings. The Hall–Kier alpha value is -1.79. The van der Waals surface area contributed by atoms with Crippen LogP contribution in [0.4, 0.5) is 4.79 Å². The van der Waals surface area contributed by atoms with Gasteiger partial charge in [0.05, 0.1) is 12.6 Å². The maximum Gasteiger partial charge on any atom is 0.410 e. The molecule has 6 heteroatoms. The number of carbonyl (C=O) groups excluding carboxylic acids is 1. The summed E-state index contributed by atoms with van der Waals surface area (Å²) in [5.41, 5.74) is 1.10. The van der Waals surface area contributed by atoms with Crippen molar-refractivity contribution in [3.05, 3.63) is 29.8 Å². The minimum Gasteiger partial charge on any atom is -0.494 e. The molecule has 0 saturated heterocycles. The highest BCUT2D eigenvalue weighted by Crippen LogP contribution is 2.36. The highest BCUT2D eigenvalue weighted by molar-refractivity contribution is 5.68. The van der Waals surface area contributed by atoms with Crippen LogP contribution in [0.2, 0.25) is 0 Å². The van der Waals surface area contributed by atoms with E-state index in [0.29, 0.717) is 30.9 Å². The Morgan fingerprint density at radius 3 is 2.25 bits per heavy atom. The van der Waals surface area contributed by atoms with Gasteiger partial charge in [0.2, 0.25) is 0 Å². The summed E-state index contributed by atoms with van der Waals surface area (Å²) in [5, 5.41) is 0. The molecule has 1 unspecified atom stereocenters. The van der Waals surface area contributed by atoms with Gasteiger partial charge in [-0.1, -0.05) is 53.2 Å². The van der Waals surface area contributed by atoms with E-state index in [1.165, 1.54) is 6.42 Å². The van der Waals surface area contributed by atoms with E-state index in [2.05, 4.69) is 63.5 Å². The molecule has 6 nitrogen and oxygen atoms in total. The summed E-state index contributed by atoms with van der Waals surface area (Å²) < 4.78 is 12.2. The lowest BCUT2D eigenvalue weighted by molar-refractivity contribution is -0.0154.